The van der Waals surface area contributed by atoms with Crippen molar-refractivity contribution in [2.75, 3.05) is 7.11 Å². The number of ether oxygens (including phenoxy) is 1. The molecule has 0 bridgehead atoms. The van der Waals surface area contributed by atoms with Crippen molar-refractivity contribution in [2.24, 2.45) is 0 Å². The number of aliphatic hydroxyl groups is 1. The first-order valence-electron chi connectivity index (χ1n) is 6.37. The zero-order valence-corrected chi connectivity index (χ0v) is 12.9. The van der Waals surface area contributed by atoms with Gasteiger partial charge in [-0.25, -0.2) is 4.39 Å². The van der Waals surface area contributed by atoms with Gasteiger partial charge in [0.25, 0.3) is 0 Å². The van der Waals surface area contributed by atoms with Crippen LogP contribution in [-0.4, -0.2) is 12.2 Å². The van der Waals surface area contributed by atoms with Gasteiger partial charge in [0.1, 0.15) is 6.10 Å². The number of methoxy groups -OCH3 is 1. The van der Waals surface area contributed by atoms with Crippen LogP contribution in [0, 0.1) is 5.82 Å². The molecule has 0 fully saturated rings. The topological polar surface area (TPSA) is 29.5 Å². The third-order valence-electron chi connectivity index (χ3n) is 3.28. The summed E-state index contributed by atoms with van der Waals surface area (Å²) in [6.07, 6.45) is -0.0838. The van der Waals surface area contributed by atoms with Crippen molar-refractivity contribution in [1.29, 1.82) is 0 Å². The molecule has 0 heterocycles. The Morgan fingerprint density at radius 3 is 2.40 bits per heavy atom. The van der Waals surface area contributed by atoms with Crippen LogP contribution in [0.15, 0.2) is 40.9 Å². The summed E-state index contributed by atoms with van der Waals surface area (Å²) in [6, 6.07) is 10.7. The first kappa shape index (κ1) is 15.0. The fourth-order valence-electron chi connectivity index (χ4n) is 2.06. The standard InChI is InChI=1S/C16H16BrFO2/c1-3-10-4-6-11(7-5-10)15(19)12-8-9-13(17)16(20-2)14(12)18/h4-9,15,19H,3H2,1-2H3. The van der Waals surface area contributed by atoms with Gasteiger partial charge in [-0.3, -0.25) is 0 Å². The fraction of sp³-hybridized carbons (Fsp3) is 0.250. The number of benzene rings is 2. The normalized spacial score (nSPS) is 12.2. The lowest BCUT2D eigenvalue weighted by molar-refractivity contribution is 0.213. The van der Waals surface area contributed by atoms with Crippen molar-refractivity contribution in [2.45, 2.75) is 19.4 Å². The molecule has 106 valence electrons. The number of halogens is 2. The van der Waals surface area contributed by atoms with E-state index < -0.39 is 11.9 Å². The van der Waals surface area contributed by atoms with E-state index in [0.717, 1.165) is 6.42 Å². The Morgan fingerprint density at radius 1 is 1.20 bits per heavy atom. The van der Waals surface area contributed by atoms with Gasteiger partial charge in [0.05, 0.1) is 11.6 Å². The maximum absolute atomic E-state index is 14.3. The lowest BCUT2D eigenvalue weighted by Crippen LogP contribution is -2.04. The molecule has 0 amide bonds. The summed E-state index contributed by atoms with van der Waals surface area (Å²) in [4.78, 5) is 0. The van der Waals surface area contributed by atoms with E-state index in [-0.39, 0.29) is 11.3 Å². The molecule has 1 N–H and O–H groups in total. The van der Waals surface area contributed by atoms with Gasteiger partial charge in [0.2, 0.25) is 0 Å². The van der Waals surface area contributed by atoms with Gasteiger partial charge in [-0.1, -0.05) is 37.3 Å². The number of hydrogen-bond acceptors (Lipinski definition) is 2. The molecule has 0 radical (unpaired) electrons. The van der Waals surface area contributed by atoms with Crippen LogP contribution in [0.2, 0.25) is 0 Å². The Balaban J connectivity index is 2.39. The van der Waals surface area contributed by atoms with Gasteiger partial charge in [-0.15, -0.1) is 0 Å². The third-order valence-corrected chi connectivity index (χ3v) is 3.91. The second-order valence-electron chi connectivity index (χ2n) is 4.48. The van der Waals surface area contributed by atoms with Crippen LogP contribution in [0.5, 0.6) is 5.75 Å². The van der Waals surface area contributed by atoms with Crippen LogP contribution >= 0.6 is 15.9 Å². The van der Waals surface area contributed by atoms with Crippen LogP contribution in [0.25, 0.3) is 0 Å². The highest BCUT2D eigenvalue weighted by Crippen LogP contribution is 2.34. The summed E-state index contributed by atoms with van der Waals surface area (Å²) in [5, 5.41) is 10.3. The fourth-order valence-corrected chi connectivity index (χ4v) is 2.53. The smallest absolute Gasteiger partial charge is 0.172 e. The molecule has 2 nitrogen and oxygen atoms in total. The number of aliphatic hydroxyl groups excluding tert-OH is 1. The highest BCUT2D eigenvalue weighted by atomic mass is 79.9. The predicted octanol–water partition coefficient (Wildman–Crippen LogP) is 4.24. The summed E-state index contributed by atoms with van der Waals surface area (Å²) < 4.78 is 19.8. The summed E-state index contributed by atoms with van der Waals surface area (Å²) in [5.74, 6) is -0.444. The molecule has 0 aliphatic carbocycles. The van der Waals surface area contributed by atoms with E-state index in [0.29, 0.717) is 10.0 Å². The predicted molar refractivity (Wildman–Crippen MR) is 80.5 cm³/mol. The molecule has 2 aromatic carbocycles. The minimum absolute atomic E-state index is 0.103. The second-order valence-corrected chi connectivity index (χ2v) is 5.34. The molecular weight excluding hydrogens is 323 g/mol. The highest BCUT2D eigenvalue weighted by Gasteiger charge is 2.20. The lowest BCUT2D eigenvalue weighted by atomic mass is 9.99. The monoisotopic (exact) mass is 338 g/mol. The molecule has 0 aromatic heterocycles. The van der Waals surface area contributed by atoms with Crippen LogP contribution in [0.1, 0.15) is 29.7 Å². The van der Waals surface area contributed by atoms with Gasteiger partial charge in [-0.2, -0.15) is 0 Å². The first-order chi connectivity index (χ1) is 9.58. The third kappa shape index (κ3) is 2.86. The van der Waals surface area contributed by atoms with Gasteiger partial charge < -0.3 is 9.84 Å². The van der Waals surface area contributed by atoms with Crippen LogP contribution in [0.3, 0.4) is 0 Å². The second kappa shape index (κ2) is 6.37. The van der Waals surface area contributed by atoms with E-state index >= 15 is 0 Å². The lowest BCUT2D eigenvalue weighted by Gasteiger charge is -2.15. The van der Waals surface area contributed by atoms with Crippen LogP contribution < -0.4 is 4.74 Å². The molecule has 20 heavy (non-hydrogen) atoms. The van der Waals surface area contributed by atoms with Crippen molar-refractivity contribution in [1.82, 2.24) is 0 Å². The molecule has 1 atom stereocenters. The molecular formula is C16H16BrFO2. The van der Waals surface area contributed by atoms with Crippen molar-refractivity contribution in [3.05, 3.63) is 63.4 Å². The summed E-state index contributed by atoms with van der Waals surface area (Å²) in [5.41, 5.74) is 2.04. The SMILES string of the molecule is CCc1ccc(C(O)c2ccc(Br)c(OC)c2F)cc1. The molecule has 4 heteroatoms. The Hall–Kier alpha value is -1.39. The number of rotatable bonds is 4. The summed E-state index contributed by atoms with van der Waals surface area (Å²) in [7, 11) is 1.40. The molecule has 0 aliphatic heterocycles. The van der Waals surface area contributed by atoms with Crippen molar-refractivity contribution < 1.29 is 14.2 Å². The van der Waals surface area contributed by atoms with Crippen molar-refractivity contribution in [3.8, 4) is 5.75 Å². The molecule has 2 aromatic rings. The molecule has 2 rings (SSSR count). The first-order valence-corrected chi connectivity index (χ1v) is 7.16. The van der Waals surface area contributed by atoms with E-state index in [1.165, 1.54) is 12.7 Å². The molecule has 0 spiro atoms. The van der Waals surface area contributed by atoms with Gasteiger partial charge in [0.15, 0.2) is 11.6 Å². The average molecular weight is 339 g/mol. The van der Waals surface area contributed by atoms with Gasteiger partial charge in [0, 0.05) is 5.56 Å². The summed E-state index contributed by atoms with van der Waals surface area (Å²) in [6.45, 7) is 2.06. The maximum atomic E-state index is 14.3. The molecule has 0 saturated carbocycles. The average Bonchev–Trinajstić information content (AvgIpc) is 2.47. The zero-order valence-electron chi connectivity index (χ0n) is 11.4. The van der Waals surface area contributed by atoms with Crippen molar-refractivity contribution >= 4 is 15.9 Å². The molecule has 0 saturated heterocycles. The van der Waals surface area contributed by atoms with Crippen molar-refractivity contribution in [3.63, 3.8) is 0 Å². The maximum Gasteiger partial charge on any atom is 0.172 e. The largest absolute Gasteiger partial charge is 0.492 e. The quantitative estimate of drug-likeness (QED) is 0.903. The van der Waals surface area contributed by atoms with Gasteiger partial charge in [-0.05, 0) is 39.5 Å². The van der Waals surface area contributed by atoms with E-state index in [9.17, 15) is 9.50 Å². The van der Waals surface area contributed by atoms with E-state index in [1.807, 2.05) is 24.3 Å². The van der Waals surface area contributed by atoms with E-state index in [2.05, 4.69) is 22.9 Å². The number of hydrogen-bond donors (Lipinski definition) is 1. The molecule has 0 aliphatic rings. The highest BCUT2D eigenvalue weighted by molar-refractivity contribution is 9.10. The Morgan fingerprint density at radius 2 is 1.85 bits per heavy atom. The molecule has 1 unspecified atom stereocenters. The van der Waals surface area contributed by atoms with Crippen LogP contribution in [0.4, 0.5) is 4.39 Å². The Labute approximate surface area is 126 Å². The number of aryl methyl sites for hydroxylation is 1. The van der Waals surface area contributed by atoms with E-state index in [4.69, 9.17) is 4.74 Å². The minimum atomic E-state index is -1.01. The minimum Gasteiger partial charge on any atom is -0.492 e. The van der Waals surface area contributed by atoms with E-state index in [1.54, 1.807) is 12.1 Å². The Kier molecular flexibility index (Phi) is 4.78. The zero-order chi connectivity index (χ0) is 14.7. The Bertz CT molecular complexity index is 596. The van der Waals surface area contributed by atoms with Gasteiger partial charge >= 0.3 is 0 Å². The summed E-state index contributed by atoms with van der Waals surface area (Å²) >= 11 is 3.22. The van der Waals surface area contributed by atoms with Crippen LogP contribution in [-0.2, 0) is 6.42 Å².